The molecule has 2 N–H and O–H groups in total. The van der Waals surface area contributed by atoms with E-state index in [1.165, 1.54) is 32.1 Å². The Labute approximate surface area is 121 Å². The van der Waals surface area contributed by atoms with E-state index in [1.807, 2.05) is 0 Å². The van der Waals surface area contributed by atoms with Crippen LogP contribution in [-0.4, -0.2) is 11.9 Å². The molecule has 0 amide bonds. The van der Waals surface area contributed by atoms with Crippen LogP contribution in [0.25, 0.3) is 0 Å². The second-order valence-electron chi connectivity index (χ2n) is 3.98. The minimum Gasteiger partial charge on any atom is -0.391 e. The van der Waals surface area contributed by atoms with Gasteiger partial charge in [0.1, 0.15) is 0 Å². The summed E-state index contributed by atoms with van der Waals surface area (Å²) in [6, 6.07) is 0. The van der Waals surface area contributed by atoms with Crippen molar-refractivity contribution >= 4 is 24.8 Å². The molecule has 0 unspecified atom stereocenters. The van der Waals surface area contributed by atoms with E-state index in [-0.39, 0.29) is 5.97 Å². The van der Waals surface area contributed by atoms with Crippen molar-refractivity contribution in [3.05, 3.63) is 12.7 Å². The molecule has 5 nitrogen and oxygen atoms in total. The van der Waals surface area contributed by atoms with E-state index < -0.39 is 5.97 Å². The maximum atomic E-state index is 10.6. The third kappa shape index (κ3) is 19.5. The molecule has 0 heterocycles. The van der Waals surface area contributed by atoms with Crippen molar-refractivity contribution in [3.63, 3.8) is 0 Å². The second-order valence-corrected chi connectivity index (χ2v) is 4.16. The zero-order chi connectivity index (χ0) is 14.9. The van der Waals surface area contributed by atoms with Gasteiger partial charge in [0.15, 0.2) is 0 Å². The van der Waals surface area contributed by atoms with Gasteiger partial charge in [-0.05, 0) is 6.42 Å². The highest BCUT2D eigenvalue weighted by molar-refractivity contribution is 7.75. The summed E-state index contributed by atoms with van der Waals surface area (Å²) < 4.78 is 3.84. The summed E-state index contributed by atoms with van der Waals surface area (Å²) in [6.45, 7) is 5.31. The number of hydrogen-bond acceptors (Lipinski definition) is 6. The lowest BCUT2D eigenvalue weighted by Crippen LogP contribution is -2.08. The molecule has 0 bridgehead atoms. The van der Waals surface area contributed by atoms with Crippen molar-refractivity contribution in [1.29, 1.82) is 0 Å². The van der Waals surface area contributed by atoms with Crippen LogP contribution in [0.5, 0.6) is 0 Å². The zero-order valence-corrected chi connectivity index (χ0v) is 12.5. The Hall–Kier alpha value is -1.01. The van der Waals surface area contributed by atoms with E-state index >= 15 is 0 Å². The summed E-state index contributed by atoms with van der Waals surface area (Å²) >= 11 is 3.17. The fourth-order valence-corrected chi connectivity index (χ4v) is 1.40. The Bertz CT molecular complexity index is 247. The highest BCUT2D eigenvalue weighted by Gasteiger charge is 1.99. The first kappa shape index (κ1) is 20.3. The van der Waals surface area contributed by atoms with Crippen molar-refractivity contribution in [2.75, 3.05) is 0 Å². The Balaban J connectivity index is 0. The van der Waals surface area contributed by atoms with Crippen molar-refractivity contribution in [3.8, 4) is 0 Å². The SMILES string of the molecule is C=CC(=O)OS.CCCCCCCCCC(=O)ON. The molecule has 0 atom stereocenters. The van der Waals surface area contributed by atoms with E-state index in [2.05, 4.69) is 35.4 Å². The van der Waals surface area contributed by atoms with Crippen molar-refractivity contribution < 1.29 is 18.6 Å². The molecule has 112 valence electrons. The maximum Gasteiger partial charge on any atom is 0.341 e. The lowest BCUT2D eigenvalue weighted by Gasteiger charge is -1.99. The van der Waals surface area contributed by atoms with Crippen LogP contribution < -0.4 is 5.90 Å². The Morgan fingerprint density at radius 1 is 1.16 bits per heavy atom. The maximum absolute atomic E-state index is 10.6. The molecule has 0 aliphatic rings. The molecule has 0 aliphatic heterocycles. The molecule has 0 spiro atoms. The van der Waals surface area contributed by atoms with Crippen LogP contribution in [-0.2, 0) is 18.6 Å². The Morgan fingerprint density at radius 3 is 2.05 bits per heavy atom. The number of thiol groups is 1. The van der Waals surface area contributed by atoms with Crippen LogP contribution in [0.15, 0.2) is 12.7 Å². The van der Waals surface area contributed by atoms with Gasteiger partial charge >= 0.3 is 11.9 Å². The summed E-state index contributed by atoms with van der Waals surface area (Å²) in [5.74, 6) is 3.88. The van der Waals surface area contributed by atoms with E-state index in [4.69, 9.17) is 5.90 Å². The molecule has 0 saturated carbocycles. The summed E-state index contributed by atoms with van der Waals surface area (Å²) in [5, 5.41) is 0. The summed E-state index contributed by atoms with van der Waals surface area (Å²) in [7, 11) is 0. The third-order valence-corrected chi connectivity index (χ3v) is 2.55. The van der Waals surface area contributed by atoms with Gasteiger partial charge < -0.3 is 9.02 Å². The van der Waals surface area contributed by atoms with Gasteiger partial charge in [0.05, 0.1) is 0 Å². The number of hydrogen-bond donors (Lipinski definition) is 2. The highest BCUT2D eigenvalue weighted by Crippen LogP contribution is 2.08. The van der Waals surface area contributed by atoms with Gasteiger partial charge in [0.2, 0.25) is 0 Å². The third-order valence-electron chi connectivity index (χ3n) is 2.37. The summed E-state index contributed by atoms with van der Waals surface area (Å²) in [6.07, 6.45) is 9.93. The van der Waals surface area contributed by atoms with Gasteiger partial charge in [-0.3, -0.25) is 4.79 Å². The molecule has 0 aromatic rings. The van der Waals surface area contributed by atoms with Gasteiger partial charge in [0, 0.05) is 25.4 Å². The predicted molar refractivity (Wildman–Crippen MR) is 78.2 cm³/mol. The van der Waals surface area contributed by atoms with Crippen LogP contribution in [0.1, 0.15) is 58.3 Å². The second kappa shape index (κ2) is 17.0. The zero-order valence-electron chi connectivity index (χ0n) is 11.6. The summed E-state index contributed by atoms with van der Waals surface area (Å²) in [4.78, 5) is 24.4. The van der Waals surface area contributed by atoms with E-state index in [0.29, 0.717) is 6.42 Å². The van der Waals surface area contributed by atoms with E-state index in [9.17, 15) is 9.59 Å². The molecule has 0 saturated heterocycles. The average molecular weight is 291 g/mol. The highest BCUT2D eigenvalue weighted by atomic mass is 32.1. The summed E-state index contributed by atoms with van der Waals surface area (Å²) in [5.41, 5.74) is 0. The molecule has 0 aromatic heterocycles. The quantitative estimate of drug-likeness (QED) is 0.224. The number of carbonyl (C=O) groups excluding carboxylic acids is 2. The molecular weight excluding hydrogens is 266 g/mol. The fraction of sp³-hybridized carbons (Fsp3) is 0.692. The molecular formula is C13H25NO4S. The Kier molecular flexibility index (Phi) is 18.2. The molecule has 0 rings (SSSR count). The smallest absolute Gasteiger partial charge is 0.341 e. The lowest BCUT2D eigenvalue weighted by atomic mass is 10.1. The van der Waals surface area contributed by atoms with E-state index in [1.54, 1.807) is 0 Å². The van der Waals surface area contributed by atoms with Crippen molar-refractivity contribution in [2.45, 2.75) is 58.3 Å². The normalized spacial score (nSPS) is 9.00. The van der Waals surface area contributed by atoms with Gasteiger partial charge in [-0.25, -0.2) is 4.79 Å². The minimum absolute atomic E-state index is 0.298. The van der Waals surface area contributed by atoms with Crippen molar-refractivity contribution in [1.82, 2.24) is 0 Å². The number of carbonyl (C=O) groups is 2. The largest absolute Gasteiger partial charge is 0.391 e. The molecule has 19 heavy (non-hydrogen) atoms. The van der Waals surface area contributed by atoms with Crippen molar-refractivity contribution in [2.24, 2.45) is 5.90 Å². The molecule has 0 radical (unpaired) electrons. The first-order valence-corrected chi connectivity index (χ1v) is 6.86. The van der Waals surface area contributed by atoms with Gasteiger partial charge in [-0.15, -0.1) is 0 Å². The minimum atomic E-state index is -0.529. The average Bonchev–Trinajstić information content (AvgIpc) is 2.45. The van der Waals surface area contributed by atoms with Gasteiger partial charge in [0.25, 0.3) is 0 Å². The standard InChI is InChI=1S/C10H21NO2.C3H4O2S/c1-2-3-4-5-6-7-8-9-10(12)13-11;1-2-3(4)5-6/h2-9,11H2,1H3;2,6H,1H2. The van der Waals surface area contributed by atoms with E-state index in [0.717, 1.165) is 18.9 Å². The Morgan fingerprint density at radius 2 is 1.68 bits per heavy atom. The molecule has 6 heteroatoms. The van der Waals surface area contributed by atoms with Crippen LogP contribution in [0, 0.1) is 0 Å². The monoisotopic (exact) mass is 291 g/mol. The van der Waals surface area contributed by atoms with Crippen LogP contribution >= 0.6 is 12.9 Å². The first-order valence-electron chi connectivity index (χ1n) is 6.49. The topological polar surface area (TPSA) is 78.6 Å². The van der Waals surface area contributed by atoms with Crippen LogP contribution in [0.3, 0.4) is 0 Å². The number of rotatable bonds is 9. The first-order chi connectivity index (χ1) is 9.12. The predicted octanol–water partition coefficient (Wildman–Crippen LogP) is 3.10. The van der Waals surface area contributed by atoms with Crippen LogP contribution in [0.2, 0.25) is 0 Å². The fourth-order valence-electron chi connectivity index (χ4n) is 1.32. The lowest BCUT2D eigenvalue weighted by molar-refractivity contribution is -0.144. The number of nitrogens with two attached hydrogens (primary N) is 1. The molecule has 0 fully saturated rings. The molecule has 0 aliphatic carbocycles. The van der Waals surface area contributed by atoms with Gasteiger partial charge in [-0.1, -0.05) is 52.0 Å². The van der Waals surface area contributed by atoms with Gasteiger partial charge in [-0.2, -0.15) is 5.90 Å². The van der Waals surface area contributed by atoms with Crippen LogP contribution in [0.4, 0.5) is 0 Å². The number of unbranched alkanes of at least 4 members (excludes halogenated alkanes) is 6. The molecule has 0 aromatic carbocycles.